The van der Waals surface area contributed by atoms with E-state index in [4.69, 9.17) is 0 Å². The number of Topliss-reactive ketones (excluding diaryl/α,β-unsaturated/α-hetero) is 1. The van der Waals surface area contributed by atoms with Crippen LogP contribution in [-0.4, -0.2) is 26.7 Å². The predicted octanol–water partition coefficient (Wildman–Crippen LogP) is 4.46. The second-order valence-electron chi connectivity index (χ2n) is 7.63. The van der Waals surface area contributed by atoms with Crippen molar-refractivity contribution in [3.8, 4) is 0 Å². The fourth-order valence-electron chi connectivity index (χ4n) is 3.89. The maximum Gasteiger partial charge on any atom is 0.295 e. The van der Waals surface area contributed by atoms with Gasteiger partial charge in [-0.1, -0.05) is 42.0 Å². The molecule has 1 saturated heterocycles. The van der Waals surface area contributed by atoms with E-state index < -0.39 is 23.5 Å². The van der Waals surface area contributed by atoms with Gasteiger partial charge in [0.2, 0.25) is 0 Å². The number of likely N-dealkylation sites (tertiary alicyclic amines) is 1. The van der Waals surface area contributed by atoms with Crippen molar-refractivity contribution in [3.63, 3.8) is 0 Å². The molecule has 1 aromatic heterocycles. The lowest BCUT2D eigenvalue weighted by Crippen LogP contribution is -2.29. The van der Waals surface area contributed by atoms with Crippen LogP contribution in [0.15, 0.2) is 72.6 Å². The molecule has 1 aliphatic rings. The number of aromatic nitrogens is 1. The molecule has 1 aliphatic heterocycles. The first-order valence-electron chi connectivity index (χ1n) is 9.88. The van der Waals surface area contributed by atoms with Gasteiger partial charge >= 0.3 is 0 Å². The van der Waals surface area contributed by atoms with E-state index in [1.165, 1.54) is 23.1 Å². The molecule has 5 nitrogen and oxygen atoms in total. The van der Waals surface area contributed by atoms with Crippen molar-refractivity contribution in [2.24, 2.45) is 0 Å². The highest BCUT2D eigenvalue weighted by atomic mass is 19.1. The number of pyridine rings is 1. The van der Waals surface area contributed by atoms with Gasteiger partial charge < -0.3 is 10.0 Å². The fraction of sp³-hybridized carbons (Fsp3) is 0.160. The highest BCUT2D eigenvalue weighted by molar-refractivity contribution is 6.46. The summed E-state index contributed by atoms with van der Waals surface area (Å²) >= 11 is 0. The van der Waals surface area contributed by atoms with E-state index in [-0.39, 0.29) is 23.4 Å². The van der Waals surface area contributed by atoms with Crippen LogP contribution in [-0.2, 0) is 16.1 Å². The van der Waals surface area contributed by atoms with Crippen LogP contribution < -0.4 is 0 Å². The first-order valence-corrected chi connectivity index (χ1v) is 9.88. The minimum absolute atomic E-state index is 0.0565. The smallest absolute Gasteiger partial charge is 0.295 e. The summed E-state index contributed by atoms with van der Waals surface area (Å²) in [5.74, 6) is -2.49. The van der Waals surface area contributed by atoms with Crippen molar-refractivity contribution in [2.45, 2.75) is 26.4 Å². The van der Waals surface area contributed by atoms with Gasteiger partial charge in [0.25, 0.3) is 11.7 Å². The number of aliphatic hydroxyl groups excluding tert-OH is 1. The summed E-state index contributed by atoms with van der Waals surface area (Å²) in [5.41, 5.74) is 2.80. The molecule has 3 aromatic rings. The molecular weight excluding hydrogens is 395 g/mol. The zero-order valence-electron chi connectivity index (χ0n) is 17.2. The molecule has 1 atom stereocenters. The number of ketones is 1. The quantitative estimate of drug-likeness (QED) is 0.387. The molecule has 0 aliphatic carbocycles. The first kappa shape index (κ1) is 20.5. The fourth-order valence-corrected chi connectivity index (χ4v) is 3.89. The molecule has 1 amide bonds. The van der Waals surface area contributed by atoms with Crippen molar-refractivity contribution >= 4 is 17.4 Å². The van der Waals surface area contributed by atoms with E-state index in [1.807, 2.05) is 19.1 Å². The van der Waals surface area contributed by atoms with Gasteiger partial charge in [-0.15, -0.1) is 0 Å². The van der Waals surface area contributed by atoms with Gasteiger partial charge in [0, 0.05) is 30.1 Å². The molecule has 0 saturated carbocycles. The standard InChI is InChI=1S/C25H21FN2O3/c1-15-9-10-16(2)19(12-15)23(29)21-22(18-7-3-4-8-20(18)26)28(25(31)24(21)30)14-17-6-5-11-27-13-17/h3-13,22,29H,14H2,1-2H3/t22-/m1/s1. The zero-order chi connectivity index (χ0) is 22.1. The number of halogens is 1. The number of aryl methyl sites for hydroxylation is 2. The van der Waals surface area contributed by atoms with Gasteiger partial charge in [-0.25, -0.2) is 4.39 Å². The molecule has 156 valence electrons. The molecular formula is C25H21FN2O3. The predicted molar refractivity (Wildman–Crippen MR) is 114 cm³/mol. The summed E-state index contributed by atoms with van der Waals surface area (Å²) < 4.78 is 14.8. The number of hydrogen-bond acceptors (Lipinski definition) is 4. The van der Waals surface area contributed by atoms with Gasteiger partial charge in [-0.2, -0.15) is 0 Å². The highest BCUT2D eigenvalue weighted by Crippen LogP contribution is 2.41. The van der Waals surface area contributed by atoms with Crippen LogP contribution in [0.25, 0.3) is 5.76 Å². The third-order valence-electron chi connectivity index (χ3n) is 5.46. The lowest BCUT2D eigenvalue weighted by molar-refractivity contribution is -0.140. The number of amides is 1. The number of carbonyl (C=O) groups is 2. The Bertz CT molecular complexity index is 1200. The topological polar surface area (TPSA) is 70.5 Å². The molecule has 4 rings (SSSR count). The molecule has 0 radical (unpaired) electrons. The summed E-state index contributed by atoms with van der Waals surface area (Å²) in [5, 5.41) is 11.2. The van der Waals surface area contributed by atoms with Gasteiger partial charge in [0.15, 0.2) is 0 Å². The Hall–Kier alpha value is -3.80. The third kappa shape index (κ3) is 3.72. The monoisotopic (exact) mass is 416 g/mol. The van der Waals surface area contributed by atoms with E-state index in [2.05, 4.69) is 4.98 Å². The van der Waals surface area contributed by atoms with Gasteiger partial charge in [-0.05, 0) is 43.2 Å². The summed E-state index contributed by atoms with van der Waals surface area (Å²) in [4.78, 5) is 31.4. The number of carbonyl (C=O) groups excluding carboxylic acids is 2. The molecule has 0 unspecified atom stereocenters. The molecule has 1 N–H and O–H groups in total. The van der Waals surface area contributed by atoms with Crippen LogP contribution in [0.3, 0.4) is 0 Å². The van der Waals surface area contributed by atoms with E-state index in [9.17, 15) is 19.1 Å². The van der Waals surface area contributed by atoms with Crippen molar-refractivity contribution in [2.75, 3.05) is 0 Å². The normalized spacial score (nSPS) is 17.9. The van der Waals surface area contributed by atoms with Gasteiger partial charge in [0.05, 0.1) is 11.6 Å². The number of aliphatic hydroxyl groups is 1. The van der Waals surface area contributed by atoms with Crippen LogP contribution in [0.1, 0.15) is 33.9 Å². The maximum absolute atomic E-state index is 14.8. The second-order valence-corrected chi connectivity index (χ2v) is 7.63. The summed E-state index contributed by atoms with van der Waals surface area (Å²) in [6.45, 7) is 3.73. The minimum atomic E-state index is -1.05. The molecule has 1 fully saturated rings. The van der Waals surface area contributed by atoms with E-state index in [1.54, 1.807) is 43.6 Å². The number of rotatable bonds is 4. The molecule has 2 aromatic carbocycles. The lowest BCUT2D eigenvalue weighted by Gasteiger charge is -2.25. The van der Waals surface area contributed by atoms with E-state index >= 15 is 0 Å². The Morgan fingerprint density at radius 1 is 1.10 bits per heavy atom. The molecule has 0 spiro atoms. The van der Waals surface area contributed by atoms with Gasteiger partial charge in [-0.3, -0.25) is 14.6 Å². The Morgan fingerprint density at radius 2 is 1.87 bits per heavy atom. The highest BCUT2D eigenvalue weighted by Gasteiger charge is 2.47. The zero-order valence-corrected chi connectivity index (χ0v) is 17.2. The van der Waals surface area contributed by atoms with Crippen LogP contribution in [0, 0.1) is 19.7 Å². The Kier molecular flexibility index (Phi) is 5.38. The van der Waals surface area contributed by atoms with Crippen molar-refractivity contribution in [1.82, 2.24) is 9.88 Å². The van der Waals surface area contributed by atoms with Crippen LogP contribution >= 0.6 is 0 Å². The van der Waals surface area contributed by atoms with Crippen molar-refractivity contribution < 1.29 is 19.1 Å². The largest absolute Gasteiger partial charge is 0.507 e. The molecule has 0 bridgehead atoms. The summed E-state index contributed by atoms with van der Waals surface area (Å²) in [6.07, 6.45) is 3.19. The SMILES string of the molecule is Cc1ccc(C)c(C(O)=C2C(=O)C(=O)N(Cc3cccnc3)[C@@H]2c2ccccc2F)c1. The maximum atomic E-state index is 14.8. The molecule has 2 heterocycles. The van der Waals surface area contributed by atoms with E-state index in [0.29, 0.717) is 11.1 Å². The number of benzene rings is 2. The minimum Gasteiger partial charge on any atom is -0.507 e. The Labute approximate surface area is 179 Å². The third-order valence-corrected chi connectivity index (χ3v) is 5.46. The number of hydrogen-bond donors (Lipinski definition) is 1. The molecule has 6 heteroatoms. The van der Waals surface area contributed by atoms with Gasteiger partial charge in [0.1, 0.15) is 11.6 Å². The van der Waals surface area contributed by atoms with Crippen LogP contribution in [0.2, 0.25) is 0 Å². The summed E-state index contributed by atoms with van der Waals surface area (Å²) in [6, 6.07) is 13.9. The van der Waals surface area contributed by atoms with Crippen molar-refractivity contribution in [1.29, 1.82) is 0 Å². The average Bonchev–Trinajstić information content (AvgIpc) is 3.01. The van der Waals surface area contributed by atoms with Crippen LogP contribution in [0.4, 0.5) is 4.39 Å². The second kappa shape index (κ2) is 8.14. The lowest BCUT2D eigenvalue weighted by atomic mass is 9.93. The van der Waals surface area contributed by atoms with Crippen LogP contribution in [0.5, 0.6) is 0 Å². The first-order chi connectivity index (χ1) is 14.9. The molecule has 31 heavy (non-hydrogen) atoms. The van der Waals surface area contributed by atoms with E-state index in [0.717, 1.165) is 11.1 Å². The summed E-state index contributed by atoms with van der Waals surface area (Å²) in [7, 11) is 0. The Morgan fingerprint density at radius 3 is 2.58 bits per heavy atom. The number of nitrogens with zero attached hydrogens (tertiary/aromatic N) is 2. The van der Waals surface area contributed by atoms with Crippen molar-refractivity contribution in [3.05, 3.63) is 106 Å². The average molecular weight is 416 g/mol. The Balaban J connectivity index is 1.92.